The van der Waals surface area contributed by atoms with Crippen molar-refractivity contribution in [3.05, 3.63) is 35.6 Å². The monoisotopic (exact) mass is 292 g/mol. The molecule has 2 aromatic rings. The summed E-state index contributed by atoms with van der Waals surface area (Å²) in [5.41, 5.74) is 6.79. The first-order chi connectivity index (χ1) is 9.99. The molecular formula is C14H17FN4O2. The summed E-state index contributed by atoms with van der Waals surface area (Å²) in [6.45, 7) is 2.57. The Kier molecular flexibility index (Phi) is 4.11. The van der Waals surface area contributed by atoms with E-state index in [1.807, 2.05) is 6.92 Å². The zero-order valence-corrected chi connectivity index (χ0v) is 12.1. The first kappa shape index (κ1) is 14.8. The van der Waals surface area contributed by atoms with E-state index in [2.05, 4.69) is 5.10 Å². The molecule has 0 aliphatic heterocycles. The molecule has 0 aliphatic carbocycles. The maximum absolute atomic E-state index is 13.0. The highest BCUT2D eigenvalue weighted by Gasteiger charge is 2.25. The lowest BCUT2D eigenvalue weighted by atomic mass is 10.2. The van der Waals surface area contributed by atoms with Gasteiger partial charge < -0.3 is 15.4 Å². The number of ether oxygens (including phenoxy) is 1. The minimum absolute atomic E-state index is 0.156. The lowest BCUT2D eigenvalue weighted by Crippen LogP contribution is -2.19. The van der Waals surface area contributed by atoms with Crippen LogP contribution in [-0.2, 0) is 4.74 Å². The molecule has 1 aromatic carbocycles. The number of nitrogen functional groups attached to an aromatic ring is 1. The highest BCUT2D eigenvalue weighted by Crippen LogP contribution is 2.27. The number of benzene rings is 1. The van der Waals surface area contributed by atoms with Crippen LogP contribution in [0.25, 0.3) is 5.69 Å². The summed E-state index contributed by atoms with van der Waals surface area (Å²) in [5, 5.41) is 4.34. The largest absolute Gasteiger partial charge is 0.465 e. The van der Waals surface area contributed by atoms with Crippen molar-refractivity contribution in [3.8, 4) is 5.69 Å². The number of aromatic nitrogens is 2. The predicted octanol–water partition coefficient (Wildman–Crippen LogP) is 1.84. The van der Waals surface area contributed by atoms with Gasteiger partial charge in [-0.3, -0.25) is 0 Å². The summed E-state index contributed by atoms with van der Waals surface area (Å²) in [6, 6.07) is 5.68. The molecule has 0 saturated carbocycles. The molecule has 0 radical (unpaired) electrons. The van der Waals surface area contributed by atoms with Gasteiger partial charge in [0.25, 0.3) is 0 Å². The van der Waals surface area contributed by atoms with Crippen LogP contribution < -0.4 is 10.6 Å². The third-order valence-electron chi connectivity index (χ3n) is 3.20. The maximum atomic E-state index is 13.0. The maximum Gasteiger partial charge on any atom is 0.345 e. The molecule has 0 amide bonds. The minimum Gasteiger partial charge on any atom is -0.465 e. The van der Waals surface area contributed by atoms with Crippen molar-refractivity contribution in [2.75, 3.05) is 31.3 Å². The van der Waals surface area contributed by atoms with Gasteiger partial charge in [0.1, 0.15) is 17.2 Å². The van der Waals surface area contributed by atoms with Crippen molar-refractivity contribution in [2.24, 2.45) is 0 Å². The Morgan fingerprint density at radius 1 is 1.43 bits per heavy atom. The van der Waals surface area contributed by atoms with Gasteiger partial charge in [-0.05, 0) is 31.2 Å². The van der Waals surface area contributed by atoms with Crippen LogP contribution in [0.1, 0.15) is 17.3 Å². The Hall–Kier alpha value is -2.57. The van der Waals surface area contributed by atoms with Gasteiger partial charge in [-0.25, -0.2) is 13.9 Å². The van der Waals surface area contributed by atoms with Crippen LogP contribution in [-0.4, -0.2) is 36.5 Å². The van der Waals surface area contributed by atoms with E-state index in [9.17, 15) is 9.18 Å². The van der Waals surface area contributed by atoms with E-state index < -0.39 is 5.97 Å². The second-order valence-electron chi connectivity index (χ2n) is 4.48. The Bertz CT molecular complexity index is 652. The summed E-state index contributed by atoms with van der Waals surface area (Å²) in [7, 11) is 3.08. The quantitative estimate of drug-likeness (QED) is 0.870. The van der Waals surface area contributed by atoms with E-state index in [1.54, 1.807) is 11.9 Å². The van der Waals surface area contributed by atoms with Gasteiger partial charge in [-0.2, -0.15) is 0 Å². The minimum atomic E-state index is -0.559. The van der Waals surface area contributed by atoms with E-state index in [0.717, 1.165) is 0 Å². The third kappa shape index (κ3) is 2.67. The Labute approximate surface area is 121 Å². The lowest BCUT2D eigenvalue weighted by molar-refractivity contribution is 0.0602. The van der Waals surface area contributed by atoms with Gasteiger partial charge in [-0.15, -0.1) is 5.10 Å². The molecule has 0 atom stereocenters. The van der Waals surface area contributed by atoms with Crippen LogP contribution in [0.15, 0.2) is 24.3 Å². The number of halogens is 1. The molecular weight excluding hydrogens is 275 g/mol. The first-order valence-electron chi connectivity index (χ1n) is 6.43. The summed E-state index contributed by atoms with van der Waals surface area (Å²) in [4.78, 5) is 13.7. The van der Waals surface area contributed by atoms with Crippen LogP contribution in [0, 0.1) is 5.82 Å². The molecule has 1 aromatic heterocycles. The fourth-order valence-corrected chi connectivity index (χ4v) is 1.91. The number of nitrogens with zero attached hydrogens (tertiary/aromatic N) is 3. The second-order valence-corrected chi connectivity index (χ2v) is 4.48. The number of hydrogen-bond donors (Lipinski definition) is 1. The molecule has 6 nitrogen and oxygen atoms in total. The standard InChI is InChI=1S/C14H17FN4O2/c1-4-18(2)13-11(14(20)21-3)12(16)19(17-13)10-7-5-9(15)6-8-10/h5-8H,4,16H2,1-3H3. The van der Waals surface area contributed by atoms with E-state index in [-0.39, 0.29) is 17.2 Å². The third-order valence-corrected chi connectivity index (χ3v) is 3.20. The predicted molar refractivity (Wildman–Crippen MR) is 78.2 cm³/mol. The molecule has 0 aliphatic rings. The number of nitrogens with two attached hydrogens (primary N) is 1. The fourth-order valence-electron chi connectivity index (χ4n) is 1.91. The van der Waals surface area contributed by atoms with Gasteiger partial charge >= 0.3 is 5.97 Å². The van der Waals surface area contributed by atoms with Crippen molar-refractivity contribution >= 4 is 17.6 Å². The van der Waals surface area contributed by atoms with Crippen molar-refractivity contribution in [3.63, 3.8) is 0 Å². The second kappa shape index (κ2) is 5.82. The van der Waals surface area contributed by atoms with Gasteiger partial charge in [-0.1, -0.05) is 0 Å². The number of rotatable bonds is 4. The SMILES string of the molecule is CCN(C)c1nn(-c2ccc(F)cc2)c(N)c1C(=O)OC. The number of methoxy groups -OCH3 is 1. The molecule has 0 saturated heterocycles. The average molecular weight is 292 g/mol. The molecule has 1 heterocycles. The number of anilines is 2. The molecule has 112 valence electrons. The Balaban J connectivity index is 2.60. The molecule has 21 heavy (non-hydrogen) atoms. The Morgan fingerprint density at radius 3 is 2.57 bits per heavy atom. The van der Waals surface area contributed by atoms with Crippen molar-refractivity contribution in [1.82, 2.24) is 9.78 Å². The molecule has 0 spiro atoms. The van der Waals surface area contributed by atoms with Crippen LogP contribution in [0.5, 0.6) is 0 Å². The lowest BCUT2D eigenvalue weighted by Gasteiger charge is -2.14. The molecule has 0 bridgehead atoms. The molecule has 2 N–H and O–H groups in total. The summed E-state index contributed by atoms with van der Waals surface area (Å²) in [6.07, 6.45) is 0. The molecule has 7 heteroatoms. The van der Waals surface area contributed by atoms with Gasteiger partial charge in [0.05, 0.1) is 12.8 Å². The van der Waals surface area contributed by atoms with Crippen LogP contribution >= 0.6 is 0 Å². The molecule has 0 unspecified atom stereocenters. The van der Waals surface area contributed by atoms with Crippen LogP contribution in [0.3, 0.4) is 0 Å². The zero-order valence-electron chi connectivity index (χ0n) is 12.1. The van der Waals surface area contributed by atoms with E-state index in [0.29, 0.717) is 18.1 Å². The molecule has 0 fully saturated rings. The van der Waals surface area contributed by atoms with Gasteiger partial charge in [0.2, 0.25) is 0 Å². The number of carbonyl (C=O) groups excluding carboxylic acids is 1. The van der Waals surface area contributed by atoms with E-state index in [4.69, 9.17) is 10.5 Å². The summed E-state index contributed by atoms with van der Waals surface area (Å²) >= 11 is 0. The Morgan fingerprint density at radius 2 is 2.05 bits per heavy atom. The van der Waals surface area contributed by atoms with Crippen LogP contribution in [0.2, 0.25) is 0 Å². The van der Waals surface area contributed by atoms with Gasteiger partial charge in [0, 0.05) is 13.6 Å². The van der Waals surface area contributed by atoms with E-state index >= 15 is 0 Å². The fraction of sp³-hybridized carbons (Fsp3) is 0.286. The zero-order chi connectivity index (χ0) is 15.6. The highest BCUT2D eigenvalue weighted by molar-refractivity contribution is 6.00. The summed E-state index contributed by atoms with van der Waals surface area (Å²) in [5.74, 6) is -0.338. The number of carbonyl (C=O) groups is 1. The number of hydrogen-bond acceptors (Lipinski definition) is 5. The highest BCUT2D eigenvalue weighted by atomic mass is 19.1. The smallest absolute Gasteiger partial charge is 0.345 e. The first-order valence-corrected chi connectivity index (χ1v) is 6.43. The van der Waals surface area contributed by atoms with E-state index in [1.165, 1.54) is 36.1 Å². The van der Waals surface area contributed by atoms with Crippen LogP contribution in [0.4, 0.5) is 16.0 Å². The van der Waals surface area contributed by atoms with Crippen molar-refractivity contribution < 1.29 is 13.9 Å². The van der Waals surface area contributed by atoms with Crippen molar-refractivity contribution in [2.45, 2.75) is 6.92 Å². The van der Waals surface area contributed by atoms with Crippen molar-refractivity contribution in [1.29, 1.82) is 0 Å². The molecule has 2 rings (SSSR count). The number of esters is 1. The topological polar surface area (TPSA) is 73.4 Å². The normalized spacial score (nSPS) is 10.5. The average Bonchev–Trinajstić information content (AvgIpc) is 2.84. The van der Waals surface area contributed by atoms with Gasteiger partial charge in [0.15, 0.2) is 5.82 Å². The summed E-state index contributed by atoms with van der Waals surface area (Å²) < 4.78 is 19.2.